The Kier molecular flexibility index (Phi) is 3.35. The first kappa shape index (κ1) is 12.6. The van der Waals surface area contributed by atoms with Gasteiger partial charge in [0.2, 0.25) is 5.95 Å². The van der Waals surface area contributed by atoms with Gasteiger partial charge in [-0.15, -0.1) is 23.7 Å². The number of hydrogen-bond acceptors (Lipinski definition) is 5. The van der Waals surface area contributed by atoms with Gasteiger partial charge in [-0.05, 0) is 11.4 Å². The molecule has 0 aromatic carbocycles. The SMILES string of the molecule is Cl.Nc1nc2c(ncn2Cc2cccs2)c(=O)[nH]1. The van der Waals surface area contributed by atoms with Gasteiger partial charge in [0.15, 0.2) is 11.2 Å². The van der Waals surface area contributed by atoms with Gasteiger partial charge in [-0.1, -0.05) is 6.07 Å². The molecule has 3 aromatic rings. The van der Waals surface area contributed by atoms with E-state index in [1.54, 1.807) is 17.7 Å². The monoisotopic (exact) mass is 283 g/mol. The van der Waals surface area contributed by atoms with E-state index in [2.05, 4.69) is 15.0 Å². The highest BCUT2D eigenvalue weighted by molar-refractivity contribution is 7.09. The molecule has 6 nitrogen and oxygen atoms in total. The van der Waals surface area contributed by atoms with Gasteiger partial charge in [-0.2, -0.15) is 4.98 Å². The Balaban J connectivity index is 0.00000120. The molecule has 3 rings (SSSR count). The number of nitrogens with two attached hydrogens (primary N) is 1. The van der Waals surface area contributed by atoms with Gasteiger partial charge >= 0.3 is 0 Å². The van der Waals surface area contributed by atoms with Crippen LogP contribution in [0.15, 0.2) is 28.6 Å². The van der Waals surface area contributed by atoms with Gasteiger partial charge in [0.05, 0.1) is 12.9 Å². The van der Waals surface area contributed by atoms with Crippen molar-refractivity contribution in [1.82, 2.24) is 19.5 Å². The summed E-state index contributed by atoms with van der Waals surface area (Å²) in [7, 11) is 0. The van der Waals surface area contributed by atoms with Crippen LogP contribution < -0.4 is 11.3 Å². The number of nitrogen functional groups attached to an aromatic ring is 1. The van der Waals surface area contributed by atoms with E-state index in [0.717, 1.165) is 0 Å². The zero-order valence-electron chi connectivity index (χ0n) is 9.16. The predicted molar refractivity (Wildman–Crippen MR) is 73.2 cm³/mol. The number of rotatable bonds is 2. The van der Waals surface area contributed by atoms with Crippen LogP contribution in [0, 0.1) is 0 Å². The molecule has 0 fully saturated rings. The quantitative estimate of drug-likeness (QED) is 0.740. The second-order valence-corrected chi connectivity index (χ2v) is 4.61. The Morgan fingerprint density at radius 2 is 2.33 bits per heavy atom. The molecule has 3 N–H and O–H groups in total. The highest BCUT2D eigenvalue weighted by Crippen LogP contribution is 2.13. The third kappa shape index (κ3) is 2.09. The van der Waals surface area contributed by atoms with Crippen LogP contribution in [0.1, 0.15) is 4.88 Å². The molecule has 3 aromatic heterocycles. The molecule has 0 amide bonds. The van der Waals surface area contributed by atoms with E-state index in [4.69, 9.17) is 5.73 Å². The number of nitrogens with one attached hydrogen (secondary N) is 1. The molecule has 0 spiro atoms. The fourth-order valence-corrected chi connectivity index (χ4v) is 2.36. The van der Waals surface area contributed by atoms with E-state index in [9.17, 15) is 4.79 Å². The van der Waals surface area contributed by atoms with Crippen LogP contribution in [0.2, 0.25) is 0 Å². The summed E-state index contributed by atoms with van der Waals surface area (Å²) in [6.45, 7) is 0.643. The lowest BCUT2D eigenvalue weighted by molar-refractivity contribution is 0.826. The van der Waals surface area contributed by atoms with Crippen LogP contribution in [0.25, 0.3) is 11.2 Å². The molecule has 0 aliphatic rings. The first-order chi connectivity index (χ1) is 8.24. The normalized spacial score (nSPS) is 10.4. The van der Waals surface area contributed by atoms with Crippen LogP contribution in [-0.4, -0.2) is 19.5 Å². The highest BCUT2D eigenvalue weighted by Gasteiger charge is 2.09. The number of fused-ring (bicyclic) bond motifs is 1. The number of aromatic nitrogens is 4. The Labute approximate surface area is 112 Å². The number of H-pyrrole nitrogens is 1. The molecule has 0 unspecified atom stereocenters. The van der Waals surface area contributed by atoms with E-state index in [0.29, 0.717) is 17.7 Å². The molecule has 0 radical (unpaired) electrons. The number of hydrogen-bond donors (Lipinski definition) is 2. The minimum Gasteiger partial charge on any atom is -0.369 e. The minimum atomic E-state index is -0.308. The third-order valence-corrected chi connectivity index (χ3v) is 3.26. The molecule has 3 heterocycles. The number of nitrogens with zero attached hydrogens (tertiary/aromatic N) is 3. The van der Waals surface area contributed by atoms with Crippen LogP contribution >= 0.6 is 23.7 Å². The van der Waals surface area contributed by atoms with E-state index in [1.165, 1.54) is 4.88 Å². The number of aromatic amines is 1. The Morgan fingerprint density at radius 1 is 1.50 bits per heavy atom. The largest absolute Gasteiger partial charge is 0.369 e. The van der Waals surface area contributed by atoms with Crippen molar-refractivity contribution >= 4 is 40.9 Å². The topological polar surface area (TPSA) is 89.6 Å². The fourth-order valence-electron chi connectivity index (χ4n) is 1.66. The zero-order valence-corrected chi connectivity index (χ0v) is 10.8. The molecule has 0 aliphatic heterocycles. The van der Waals surface area contributed by atoms with Crippen molar-refractivity contribution < 1.29 is 0 Å². The lowest BCUT2D eigenvalue weighted by Gasteiger charge is -2.01. The summed E-state index contributed by atoms with van der Waals surface area (Å²) >= 11 is 1.64. The molecule has 0 atom stereocenters. The van der Waals surface area contributed by atoms with Crippen molar-refractivity contribution in [2.24, 2.45) is 0 Å². The summed E-state index contributed by atoms with van der Waals surface area (Å²) in [5, 5.41) is 2.00. The average molecular weight is 284 g/mol. The summed E-state index contributed by atoms with van der Waals surface area (Å²) < 4.78 is 1.81. The first-order valence-electron chi connectivity index (χ1n) is 4.97. The molecule has 18 heavy (non-hydrogen) atoms. The molecular weight excluding hydrogens is 274 g/mol. The number of imidazole rings is 1. The van der Waals surface area contributed by atoms with Gasteiger partial charge in [0, 0.05) is 4.88 Å². The third-order valence-electron chi connectivity index (χ3n) is 2.40. The molecule has 0 saturated heterocycles. The summed E-state index contributed by atoms with van der Waals surface area (Å²) in [6, 6.07) is 4.00. The van der Waals surface area contributed by atoms with E-state index < -0.39 is 0 Å². The second kappa shape index (κ2) is 4.79. The number of thiophene rings is 1. The molecule has 94 valence electrons. The van der Waals surface area contributed by atoms with Gasteiger partial charge in [0.1, 0.15) is 0 Å². The summed E-state index contributed by atoms with van der Waals surface area (Å²) in [5.41, 5.74) is 6.04. The van der Waals surface area contributed by atoms with Crippen LogP contribution in [0.4, 0.5) is 5.95 Å². The summed E-state index contributed by atoms with van der Waals surface area (Å²) in [6.07, 6.45) is 1.60. The maximum atomic E-state index is 11.6. The first-order valence-corrected chi connectivity index (χ1v) is 5.85. The minimum absolute atomic E-state index is 0. The molecular formula is C10H10ClN5OS. The Bertz CT molecular complexity index is 718. The van der Waals surface area contributed by atoms with Gasteiger partial charge in [0.25, 0.3) is 5.56 Å². The van der Waals surface area contributed by atoms with Gasteiger partial charge in [-0.25, -0.2) is 4.98 Å². The fraction of sp³-hybridized carbons (Fsp3) is 0.100. The second-order valence-electron chi connectivity index (χ2n) is 3.58. The van der Waals surface area contributed by atoms with Gasteiger partial charge < -0.3 is 10.3 Å². The van der Waals surface area contributed by atoms with Crippen LogP contribution in [0.3, 0.4) is 0 Å². The van der Waals surface area contributed by atoms with Crippen molar-refractivity contribution in [1.29, 1.82) is 0 Å². The average Bonchev–Trinajstić information content (AvgIpc) is 2.89. The van der Waals surface area contributed by atoms with Crippen molar-refractivity contribution in [3.8, 4) is 0 Å². The summed E-state index contributed by atoms with van der Waals surface area (Å²) in [5.74, 6) is 0.107. The van der Waals surface area contributed by atoms with Crippen molar-refractivity contribution in [2.45, 2.75) is 6.54 Å². The smallest absolute Gasteiger partial charge is 0.280 e. The maximum absolute atomic E-state index is 11.6. The van der Waals surface area contributed by atoms with Crippen molar-refractivity contribution in [2.75, 3.05) is 5.73 Å². The molecule has 0 bridgehead atoms. The van der Waals surface area contributed by atoms with Crippen molar-refractivity contribution in [3.63, 3.8) is 0 Å². The highest BCUT2D eigenvalue weighted by atomic mass is 35.5. The maximum Gasteiger partial charge on any atom is 0.280 e. The lowest BCUT2D eigenvalue weighted by atomic mass is 10.4. The van der Waals surface area contributed by atoms with E-state index >= 15 is 0 Å². The van der Waals surface area contributed by atoms with E-state index in [1.807, 2.05) is 22.1 Å². The molecule has 8 heteroatoms. The van der Waals surface area contributed by atoms with Gasteiger partial charge in [-0.3, -0.25) is 9.78 Å². The lowest BCUT2D eigenvalue weighted by Crippen LogP contribution is -2.12. The number of halogens is 1. The number of anilines is 1. The summed E-state index contributed by atoms with van der Waals surface area (Å²) in [4.78, 5) is 23.3. The van der Waals surface area contributed by atoms with E-state index in [-0.39, 0.29) is 23.9 Å². The molecule has 0 saturated carbocycles. The van der Waals surface area contributed by atoms with Crippen LogP contribution in [-0.2, 0) is 6.54 Å². The Hall–Kier alpha value is -1.86. The zero-order chi connectivity index (χ0) is 11.8. The Morgan fingerprint density at radius 3 is 3.06 bits per heavy atom. The molecule has 0 aliphatic carbocycles. The van der Waals surface area contributed by atoms with Crippen molar-refractivity contribution in [3.05, 3.63) is 39.1 Å². The standard InChI is InChI=1S/C10H9N5OS.ClH/c11-10-13-8-7(9(16)14-10)12-5-15(8)4-6-2-1-3-17-6;/h1-3,5H,4H2,(H3,11,13,14,16);1H. The van der Waals surface area contributed by atoms with Crippen LogP contribution in [0.5, 0.6) is 0 Å². The predicted octanol–water partition coefficient (Wildman–Crippen LogP) is 1.23.